The van der Waals surface area contributed by atoms with Gasteiger partial charge in [-0.15, -0.1) is 0 Å². The van der Waals surface area contributed by atoms with Gasteiger partial charge in [-0.3, -0.25) is 0 Å². The molecule has 1 aliphatic carbocycles. The second kappa shape index (κ2) is 7.44. The van der Waals surface area contributed by atoms with Crippen LogP contribution in [0.4, 0.5) is 27.8 Å². The lowest BCUT2D eigenvalue weighted by Crippen LogP contribution is -2.43. The number of rotatable bonds is 5. The number of hydrogen-bond donors (Lipinski definition) is 1. The number of fused-ring (bicyclic) bond motifs is 1. The molecule has 1 N–H and O–H groups in total. The van der Waals surface area contributed by atoms with Gasteiger partial charge >= 0.3 is 6.18 Å². The van der Waals surface area contributed by atoms with Gasteiger partial charge in [0.1, 0.15) is 11.6 Å². The molecule has 1 atom stereocenters. The standard InChI is InChI=1S/C20H17F5N6/c1-11(13-6-19(21,22)7-13)28-18-16-17(29-15(8-26)30-18)27-10-31(16)9-12-2-4-14(5-3-12)20(23,24)25/h2-5,10-11,13H,6-7,9H2,1H3,(H,28,29,30)/t11-/m1/s1. The number of nitrogens with zero attached hydrogens (tertiary/aromatic N) is 5. The van der Waals surface area contributed by atoms with Crippen LogP contribution in [0, 0.1) is 17.2 Å². The molecule has 2 aromatic heterocycles. The molecule has 0 aliphatic heterocycles. The first kappa shape index (κ1) is 21.0. The van der Waals surface area contributed by atoms with Crippen molar-refractivity contribution in [3.8, 4) is 6.07 Å². The highest BCUT2D eigenvalue weighted by molar-refractivity contribution is 5.84. The first-order valence-corrected chi connectivity index (χ1v) is 9.49. The molecule has 0 radical (unpaired) electrons. The van der Waals surface area contributed by atoms with E-state index in [9.17, 15) is 27.2 Å². The summed E-state index contributed by atoms with van der Waals surface area (Å²) in [5.74, 6) is -2.77. The van der Waals surface area contributed by atoms with Crippen LogP contribution in [0.1, 0.15) is 36.7 Å². The summed E-state index contributed by atoms with van der Waals surface area (Å²) in [7, 11) is 0. The summed E-state index contributed by atoms with van der Waals surface area (Å²) in [4.78, 5) is 12.4. The van der Waals surface area contributed by atoms with Gasteiger partial charge in [-0.2, -0.15) is 28.4 Å². The minimum Gasteiger partial charge on any atom is -0.365 e. The Morgan fingerprint density at radius 2 is 1.90 bits per heavy atom. The lowest BCUT2D eigenvalue weighted by Gasteiger charge is -2.39. The van der Waals surface area contributed by atoms with Crippen LogP contribution in [0.5, 0.6) is 0 Å². The molecule has 2 heterocycles. The summed E-state index contributed by atoms with van der Waals surface area (Å²) in [5, 5.41) is 12.3. The van der Waals surface area contributed by atoms with E-state index in [1.165, 1.54) is 18.5 Å². The van der Waals surface area contributed by atoms with Crippen molar-refractivity contribution < 1.29 is 22.0 Å². The fraction of sp³-hybridized carbons (Fsp3) is 0.400. The second-order valence-electron chi connectivity index (χ2n) is 7.70. The van der Waals surface area contributed by atoms with Gasteiger partial charge in [-0.25, -0.2) is 13.8 Å². The van der Waals surface area contributed by atoms with Crippen molar-refractivity contribution in [3.63, 3.8) is 0 Å². The van der Waals surface area contributed by atoms with Crippen LogP contribution in [0.25, 0.3) is 11.2 Å². The Kier molecular flexibility index (Phi) is 5.03. The molecule has 1 fully saturated rings. The van der Waals surface area contributed by atoms with Gasteiger partial charge in [0.2, 0.25) is 11.7 Å². The molecule has 31 heavy (non-hydrogen) atoms. The molecule has 11 heteroatoms. The van der Waals surface area contributed by atoms with Crippen LogP contribution in [-0.4, -0.2) is 31.5 Å². The van der Waals surface area contributed by atoms with E-state index < -0.39 is 17.7 Å². The SMILES string of the molecule is C[C@@H](Nc1nc(C#N)nc2ncn(Cc3ccc(C(F)(F)F)cc3)c12)C1CC(F)(F)C1. The van der Waals surface area contributed by atoms with Crippen molar-refractivity contribution in [1.29, 1.82) is 5.26 Å². The zero-order chi connectivity index (χ0) is 22.4. The average molecular weight is 436 g/mol. The molecule has 3 aromatic rings. The fourth-order valence-electron chi connectivity index (χ4n) is 3.64. The number of nitriles is 1. The molecular weight excluding hydrogens is 419 g/mol. The molecule has 4 rings (SSSR count). The zero-order valence-corrected chi connectivity index (χ0v) is 16.3. The van der Waals surface area contributed by atoms with Crippen LogP contribution in [0.2, 0.25) is 0 Å². The summed E-state index contributed by atoms with van der Waals surface area (Å²) in [5.41, 5.74) is 0.514. The highest BCUT2D eigenvalue weighted by Gasteiger charge is 2.47. The van der Waals surface area contributed by atoms with Gasteiger partial charge in [-0.05, 0) is 30.5 Å². The largest absolute Gasteiger partial charge is 0.416 e. The van der Waals surface area contributed by atoms with Gasteiger partial charge in [0, 0.05) is 25.4 Å². The quantitative estimate of drug-likeness (QED) is 0.591. The number of benzene rings is 1. The third-order valence-electron chi connectivity index (χ3n) is 5.40. The maximum absolute atomic E-state index is 13.2. The number of imidazole rings is 1. The van der Waals surface area contributed by atoms with Crippen molar-refractivity contribution in [1.82, 2.24) is 19.5 Å². The van der Waals surface area contributed by atoms with Crippen LogP contribution in [0.3, 0.4) is 0 Å². The highest BCUT2D eigenvalue weighted by atomic mass is 19.4. The topological polar surface area (TPSA) is 79.4 Å². The Balaban J connectivity index is 1.63. The Morgan fingerprint density at radius 3 is 2.48 bits per heavy atom. The number of halogens is 5. The van der Waals surface area contributed by atoms with Crippen LogP contribution in [-0.2, 0) is 12.7 Å². The average Bonchev–Trinajstić information content (AvgIpc) is 3.08. The monoisotopic (exact) mass is 436 g/mol. The first-order chi connectivity index (χ1) is 14.6. The van der Waals surface area contributed by atoms with E-state index in [1.807, 2.05) is 6.07 Å². The molecular formula is C20H17F5N6. The number of anilines is 1. The van der Waals surface area contributed by atoms with Crippen molar-refractivity contribution in [2.75, 3.05) is 5.32 Å². The van der Waals surface area contributed by atoms with Crippen molar-refractivity contribution in [3.05, 3.63) is 47.5 Å². The Bertz CT molecular complexity index is 1140. The van der Waals surface area contributed by atoms with E-state index in [4.69, 9.17) is 0 Å². The molecule has 6 nitrogen and oxygen atoms in total. The minimum absolute atomic E-state index is 0.124. The Labute approximate surface area is 173 Å². The van der Waals surface area contributed by atoms with E-state index in [-0.39, 0.29) is 48.6 Å². The van der Waals surface area contributed by atoms with Crippen LogP contribution in [0.15, 0.2) is 30.6 Å². The fourth-order valence-corrected chi connectivity index (χ4v) is 3.64. The number of alkyl halides is 5. The number of hydrogen-bond acceptors (Lipinski definition) is 5. The lowest BCUT2D eigenvalue weighted by atomic mass is 9.77. The summed E-state index contributed by atoms with van der Waals surface area (Å²) < 4.78 is 66.5. The molecule has 1 saturated carbocycles. The van der Waals surface area contributed by atoms with E-state index >= 15 is 0 Å². The minimum atomic E-state index is -4.42. The maximum atomic E-state index is 13.2. The van der Waals surface area contributed by atoms with E-state index in [2.05, 4.69) is 20.3 Å². The molecule has 162 valence electrons. The summed E-state index contributed by atoms with van der Waals surface area (Å²) in [6.45, 7) is 1.95. The second-order valence-corrected chi connectivity index (χ2v) is 7.70. The predicted octanol–water partition coefficient (Wildman–Crippen LogP) is 4.61. The predicted molar refractivity (Wildman–Crippen MR) is 101 cm³/mol. The van der Waals surface area contributed by atoms with Crippen LogP contribution >= 0.6 is 0 Å². The van der Waals surface area contributed by atoms with Crippen LogP contribution < -0.4 is 5.32 Å². The Morgan fingerprint density at radius 1 is 1.23 bits per heavy atom. The van der Waals surface area contributed by atoms with Gasteiger partial charge in [0.25, 0.3) is 0 Å². The van der Waals surface area contributed by atoms with Gasteiger partial charge in [-0.1, -0.05) is 12.1 Å². The molecule has 0 saturated heterocycles. The Hall–Kier alpha value is -3.29. The molecule has 1 aliphatic rings. The highest BCUT2D eigenvalue weighted by Crippen LogP contribution is 2.44. The van der Waals surface area contributed by atoms with Gasteiger partial charge < -0.3 is 9.88 Å². The molecule has 1 aromatic carbocycles. The van der Waals surface area contributed by atoms with Crippen molar-refractivity contribution in [2.45, 2.75) is 44.5 Å². The lowest BCUT2D eigenvalue weighted by molar-refractivity contribution is -0.137. The van der Waals surface area contributed by atoms with Crippen molar-refractivity contribution in [2.24, 2.45) is 5.92 Å². The molecule has 0 spiro atoms. The number of nitrogens with one attached hydrogen (secondary N) is 1. The third-order valence-corrected chi connectivity index (χ3v) is 5.40. The maximum Gasteiger partial charge on any atom is 0.416 e. The summed E-state index contributed by atoms with van der Waals surface area (Å²) in [6, 6.07) is 6.24. The molecule has 0 unspecified atom stereocenters. The van der Waals surface area contributed by atoms with Crippen molar-refractivity contribution >= 4 is 17.0 Å². The summed E-state index contributed by atoms with van der Waals surface area (Å²) in [6.07, 6.45) is -3.44. The van der Waals surface area contributed by atoms with E-state index in [0.717, 1.165) is 12.1 Å². The van der Waals surface area contributed by atoms with E-state index in [0.29, 0.717) is 11.1 Å². The van der Waals surface area contributed by atoms with E-state index in [1.54, 1.807) is 11.5 Å². The van der Waals surface area contributed by atoms with Gasteiger partial charge in [0.15, 0.2) is 11.5 Å². The molecule has 0 amide bonds. The summed E-state index contributed by atoms with van der Waals surface area (Å²) >= 11 is 0. The number of aromatic nitrogens is 4. The third kappa shape index (κ3) is 4.28. The molecule has 0 bridgehead atoms. The normalized spacial score (nSPS) is 17.2. The smallest absolute Gasteiger partial charge is 0.365 e. The van der Waals surface area contributed by atoms with Gasteiger partial charge in [0.05, 0.1) is 11.9 Å². The zero-order valence-electron chi connectivity index (χ0n) is 16.3. The first-order valence-electron chi connectivity index (χ1n) is 9.49.